The van der Waals surface area contributed by atoms with Crippen molar-refractivity contribution < 1.29 is 38.5 Å². The van der Waals surface area contributed by atoms with Crippen LogP contribution in [-0.2, 0) is 20.7 Å². The second-order valence-electron chi connectivity index (χ2n) is 8.36. The number of fused-ring (bicyclic) bond motifs is 1. The molecule has 1 atom stereocenters. The van der Waals surface area contributed by atoms with Gasteiger partial charge in [0.15, 0.2) is 11.5 Å². The smallest absolute Gasteiger partial charge is 0.326 e. The predicted octanol–water partition coefficient (Wildman–Crippen LogP) is 2.68. The van der Waals surface area contributed by atoms with Crippen molar-refractivity contribution in [2.75, 3.05) is 31.1 Å². The zero-order valence-corrected chi connectivity index (χ0v) is 20.4. The zero-order chi connectivity index (χ0) is 27.1. The van der Waals surface area contributed by atoms with Gasteiger partial charge in [0, 0.05) is 36.0 Å². The monoisotopic (exact) mass is 519 g/mol. The molecule has 0 radical (unpaired) electrons. The number of methoxy groups -OCH3 is 1. The van der Waals surface area contributed by atoms with Gasteiger partial charge in [-0.25, -0.2) is 4.79 Å². The molecule has 0 spiro atoms. The van der Waals surface area contributed by atoms with E-state index >= 15 is 0 Å². The number of amides is 3. The minimum Gasteiger partial charge on any atom is -0.480 e. The number of carboxylic acids is 1. The number of carbonyl (C=O) groups is 4. The van der Waals surface area contributed by atoms with Gasteiger partial charge in [-0.3, -0.25) is 14.4 Å². The fraction of sp³-hybridized carbons (Fsp3) is 0.185. The van der Waals surface area contributed by atoms with Crippen LogP contribution in [0, 0.1) is 0 Å². The Morgan fingerprint density at radius 2 is 1.58 bits per heavy atom. The van der Waals surface area contributed by atoms with E-state index in [1.807, 2.05) is 0 Å². The molecule has 196 valence electrons. The molecule has 4 rings (SSSR count). The van der Waals surface area contributed by atoms with E-state index in [4.69, 9.17) is 14.2 Å². The van der Waals surface area contributed by atoms with Crippen LogP contribution in [0.1, 0.15) is 26.3 Å². The third-order valence-corrected chi connectivity index (χ3v) is 5.53. The lowest BCUT2D eigenvalue weighted by Gasteiger charge is -2.16. The molecule has 0 aliphatic carbocycles. The number of benzene rings is 3. The van der Waals surface area contributed by atoms with E-state index in [0.29, 0.717) is 11.5 Å². The van der Waals surface area contributed by atoms with Crippen LogP contribution in [0.5, 0.6) is 11.5 Å². The molecule has 3 amide bonds. The standard InChI is InChI=1S/C27H25N3O8/c1-36-14-24(31)28-19-10-18(26(33)30-21(27(34)35)9-16-5-3-2-4-6-16)11-20(13-19)29-25(32)17-7-8-22-23(12-17)38-15-37-22/h2-8,10-13,21H,9,14-15H2,1H3,(H,28,31)(H,29,32)(H,30,33)(H,34,35)/t21-/m0/s1. The van der Waals surface area contributed by atoms with Crippen molar-refractivity contribution in [2.45, 2.75) is 12.5 Å². The van der Waals surface area contributed by atoms with E-state index in [-0.39, 0.29) is 42.3 Å². The fourth-order valence-corrected chi connectivity index (χ4v) is 3.76. The first-order chi connectivity index (χ1) is 18.3. The number of carboxylic acid groups (broad SMARTS) is 1. The second-order valence-corrected chi connectivity index (χ2v) is 8.36. The summed E-state index contributed by atoms with van der Waals surface area (Å²) in [5.41, 5.74) is 1.44. The van der Waals surface area contributed by atoms with Crippen LogP contribution in [0.2, 0.25) is 0 Å². The van der Waals surface area contributed by atoms with Crippen molar-refractivity contribution in [1.29, 1.82) is 0 Å². The van der Waals surface area contributed by atoms with Crippen molar-refractivity contribution in [2.24, 2.45) is 0 Å². The summed E-state index contributed by atoms with van der Waals surface area (Å²) in [4.78, 5) is 49.9. The first-order valence-corrected chi connectivity index (χ1v) is 11.5. The molecule has 11 heteroatoms. The number of rotatable bonds is 10. The molecule has 11 nitrogen and oxygen atoms in total. The van der Waals surface area contributed by atoms with Gasteiger partial charge in [0.05, 0.1) is 0 Å². The van der Waals surface area contributed by atoms with E-state index in [1.54, 1.807) is 42.5 Å². The summed E-state index contributed by atoms with van der Waals surface area (Å²) < 4.78 is 15.4. The second kappa shape index (κ2) is 11.9. The van der Waals surface area contributed by atoms with Crippen molar-refractivity contribution in [1.82, 2.24) is 5.32 Å². The van der Waals surface area contributed by atoms with E-state index < -0.39 is 29.7 Å². The van der Waals surface area contributed by atoms with Gasteiger partial charge in [0.2, 0.25) is 12.7 Å². The number of hydrogen-bond donors (Lipinski definition) is 4. The maximum absolute atomic E-state index is 13.1. The molecule has 1 aliphatic heterocycles. The summed E-state index contributed by atoms with van der Waals surface area (Å²) in [6.07, 6.45) is 0.0693. The van der Waals surface area contributed by atoms with Crippen molar-refractivity contribution in [3.8, 4) is 11.5 Å². The molecule has 0 saturated heterocycles. The Labute approximate surface area is 217 Å². The number of hydrogen-bond acceptors (Lipinski definition) is 7. The predicted molar refractivity (Wildman–Crippen MR) is 137 cm³/mol. The SMILES string of the molecule is COCC(=O)Nc1cc(NC(=O)c2ccc3c(c2)OCO3)cc(C(=O)N[C@@H](Cc2ccccc2)C(=O)O)c1. The Morgan fingerprint density at radius 1 is 0.868 bits per heavy atom. The number of nitrogens with one attached hydrogen (secondary N) is 3. The van der Waals surface area contributed by atoms with Gasteiger partial charge in [-0.05, 0) is 42.0 Å². The largest absolute Gasteiger partial charge is 0.480 e. The number of ether oxygens (including phenoxy) is 3. The summed E-state index contributed by atoms with van der Waals surface area (Å²) in [5, 5.41) is 17.5. The number of carbonyl (C=O) groups excluding carboxylic acids is 3. The highest BCUT2D eigenvalue weighted by Crippen LogP contribution is 2.32. The minimum absolute atomic E-state index is 0.0283. The summed E-state index contributed by atoms with van der Waals surface area (Å²) in [6.45, 7) is -0.169. The molecular formula is C27H25N3O8. The molecule has 0 saturated carbocycles. The molecule has 0 fully saturated rings. The Morgan fingerprint density at radius 3 is 2.29 bits per heavy atom. The van der Waals surface area contributed by atoms with Crippen LogP contribution in [0.25, 0.3) is 0 Å². The molecule has 38 heavy (non-hydrogen) atoms. The maximum Gasteiger partial charge on any atom is 0.326 e. The average molecular weight is 520 g/mol. The Balaban J connectivity index is 1.57. The van der Waals surface area contributed by atoms with Crippen molar-refractivity contribution >= 4 is 35.1 Å². The normalized spacial score (nSPS) is 12.3. The first-order valence-electron chi connectivity index (χ1n) is 11.5. The van der Waals surface area contributed by atoms with Gasteiger partial charge in [0.1, 0.15) is 12.6 Å². The van der Waals surface area contributed by atoms with Crippen LogP contribution in [0.3, 0.4) is 0 Å². The highest BCUT2D eigenvalue weighted by Gasteiger charge is 2.22. The Hall–Kier alpha value is -4.90. The van der Waals surface area contributed by atoms with E-state index in [9.17, 15) is 24.3 Å². The fourth-order valence-electron chi connectivity index (χ4n) is 3.76. The van der Waals surface area contributed by atoms with Crippen LogP contribution in [0.15, 0.2) is 66.7 Å². The summed E-state index contributed by atoms with van der Waals surface area (Å²) in [6, 6.07) is 16.6. The van der Waals surface area contributed by atoms with E-state index in [2.05, 4.69) is 16.0 Å². The summed E-state index contributed by atoms with van der Waals surface area (Å²) in [7, 11) is 1.36. The van der Waals surface area contributed by atoms with E-state index in [0.717, 1.165) is 5.56 Å². The number of anilines is 2. The molecule has 4 N–H and O–H groups in total. The van der Waals surface area contributed by atoms with Gasteiger partial charge in [-0.2, -0.15) is 0 Å². The lowest BCUT2D eigenvalue weighted by molar-refractivity contribution is -0.139. The van der Waals surface area contributed by atoms with Crippen molar-refractivity contribution in [3.63, 3.8) is 0 Å². The molecule has 1 aliphatic rings. The third kappa shape index (κ3) is 6.65. The van der Waals surface area contributed by atoms with Gasteiger partial charge in [-0.1, -0.05) is 30.3 Å². The lowest BCUT2D eigenvalue weighted by Crippen LogP contribution is -2.42. The molecule has 0 bridgehead atoms. The lowest BCUT2D eigenvalue weighted by atomic mass is 10.1. The van der Waals surface area contributed by atoms with Gasteiger partial charge >= 0.3 is 5.97 Å². The van der Waals surface area contributed by atoms with E-state index in [1.165, 1.54) is 31.4 Å². The Bertz CT molecular complexity index is 1360. The third-order valence-electron chi connectivity index (χ3n) is 5.53. The topological polar surface area (TPSA) is 152 Å². The summed E-state index contributed by atoms with van der Waals surface area (Å²) >= 11 is 0. The first kappa shape index (κ1) is 26.2. The van der Waals surface area contributed by atoms with Crippen LogP contribution < -0.4 is 25.4 Å². The average Bonchev–Trinajstić information content (AvgIpc) is 3.37. The zero-order valence-electron chi connectivity index (χ0n) is 20.4. The van der Waals surface area contributed by atoms with Crippen LogP contribution in [0.4, 0.5) is 11.4 Å². The van der Waals surface area contributed by atoms with Crippen LogP contribution in [-0.4, -0.2) is 55.3 Å². The van der Waals surface area contributed by atoms with Gasteiger partial charge in [-0.15, -0.1) is 0 Å². The minimum atomic E-state index is -1.21. The maximum atomic E-state index is 13.1. The summed E-state index contributed by atoms with van der Waals surface area (Å²) in [5.74, 6) is -1.94. The molecule has 1 heterocycles. The highest BCUT2D eigenvalue weighted by atomic mass is 16.7. The quantitative estimate of drug-likeness (QED) is 0.319. The molecule has 0 unspecified atom stereocenters. The molecular weight excluding hydrogens is 494 g/mol. The molecule has 3 aromatic carbocycles. The van der Waals surface area contributed by atoms with Crippen LogP contribution >= 0.6 is 0 Å². The molecule has 0 aromatic heterocycles. The van der Waals surface area contributed by atoms with Gasteiger partial charge in [0.25, 0.3) is 11.8 Å². The number of aliphatic carboxylic acids is 1. The van der Waals surface area contributed by atoms with Crippen molar-refractivity contribution in [3.05, 3.63) is 83.4 Å². The van der Waals surface area contributed by atoms with Gasteiger partial charge < -0.3 is 35.3 Å². The highest BCUT2D eigenvalue weighted by molar-refractivity contribution is 6.06. The Kier molecular flexibility index (Phi) is 8.19. The molecule has 3 aromatic rings.